The van der Waals surface area contributed by atoms with Gasteiger partial charge in [0.2, 0.25) is 0 Å². The maximum Gasteiger partial charge on any atom is 0.419 e. The summed E-state index contributed by atoms with van der Waals surface area (Å²) in [6, 6.07) is 8.76. The molecule has 0 radical (unpaired) electrons. The number of para-hydroxylation sites is 1. The molecule has 0 saturated carbocycles. The number of hydrogen-bond acceptors (Lipinski definition) is 3. The van der Waals surface area contributed by atoms with Crippen molar-refractivity contribution in [1.29, 1.82) is 0 Å². The van der Waals surface area contributed by atoms with Crippen molar-refractivity contribution in [2.45, 2.75) is 12.7 Å². The Morgan fingerprint density at radius 2 is 1.90 bits per heavy atom. The zero-order valence-corrected chi connectivity index (χ0v) is 10.6. The van der Waals surface area contributed by atoms with E-state index in [1.165, 1.54) is 18.2 Å². The van der Waals surface area contributed by atoms with Gasteiger partial charge in [-0.3, -0.25) is 0 Å². The molecule has 1 N–H and O–H groups in total. The number of ether oxygens (including phenoxy) is 1. The van der Waals surface area contributed by atoms with Crippen molar-refractivity contribution < 1.29 is 22.3 Å². The van der Waals surface area contributed by atoms with Crippen LogP contribution in [0.3, 0.4) is 0 Å². The van der Waals surface area contributed by atoms with Gasteiger partial charge in [-0.25, -0.2) is 0 Å². The normalized spacial score (nSPS) is 11.6. The molecule has 2 rings (SSSR count). The number of furan rings is 1. The highest BCUT2D eigenvalue weighted by Crippen LogP contribution is 2.35. The Balaban J connectivity index is 1.79. The minimum atomic E-state index is -4.40. The van der Waals surface area contributed by atoms with Crippen LogP contribution in [0, 0.1) is 0 Å². The van der Waals surface area contributed by atoms with Crippen molar-refractivity contribution in [3.63, 3.8) is 0 Å². The van der Waals surface area contributed by atoms with Crippen molar-refractivity contribution in [1.82, 2.24) is 5.32 Å². The molecule has 0 fully saturated rings. The SMILES string of the molecule is FC(F)(F)c1ccccc1OCCNCc1ccco1. The van der Waals surface area contributed by atoms with E-state index in [1.54, 1.807) is 12.3 Å². The smallest absolute Gasteiger partial charge is 0.419 e. The van der Waals surface area contributed by atoms with Crippen LogP contribution in [-0.4, -0.2) is 13.2 Å². The van der Waals surface area contributed by atoms with E-state index in [0.29, 0.717) is 13.1 Å². The summed E-state index contributed by atoms with van der Waals surface area (Å²) in [5.41, 5.74) is -0.758. The molecule has 2 aromatic rings. The number of nitrogens with one attached hydrogen (secondary N) is 1. The van der Waals surface area contributed by atoms with Crippen molar-refractivity contribution in [2.24, 2.45) is 0 Å². The van der Waals surface area contributed by atoms with E-state index in [-0.39, 0.29) is 12.4 Å². The van der Waals surface area contributed by atoms with Crippen LogP contribution in [-0.2, 0) is 12.7 Å². The summed E-state index contributed by atoms with van der Waals surface area (Å²) in [6.45, 7) is 1.08. The van der Waals surface area contributed by atoms with Crippen molar-refractivity contribution in [3.8, 4) is 5.75 Å². The van der Waals surface area contributed by atoms with Gasteiger partial charge in [-0.1, -0.05) is 12.1 Å². The first-order valence-electron chi connectivity index (χ1n) is 6.09. The first kappa shape index (κ1) is 14.5. The summed E-state index contributed by atoms with van der Waals surface area (Å²) in [7, 11) is 0. The third kappa shape index (κ3) is 4.03. The molecule has 0 atom stereocenters. The fourth-order valence-corrected chi connectivity index (χ4v) is 1.68. The van der Waals surface area contributed by atoms with Gasteiger partial charge in [-0.15, -0.1) is 0 Å². The maximum atomic E-state index is 12.7. The van der Waals surface area contributed by atoms with Crippen LogP contribution in [0.4, 0.5) is 13.2 Å². The Kier molecular flexibility index (Phi) is 4.68. The van der Waals surface area contributed by atoms with Crippen LogP contribution in [0.25, 0.3) is 0 Å². The Hall–Kier alpha value is -1.95. The summed E-state index contributed by atoms with van der Waals surface area (Å²) in [5.74, 6) is 0.612. The first-order chi connectivity index (χ1) is 9.57. The Morgan fingerprint density at radius 1 is 1.10 bits per heavy atom. The number of benzene rings is 1. The van der Waals surface area contributed by atoms with Gasteiger partial charge in [-0.05, 0) is 24.3 Å². The number of rotatable bonds is 6. The molecule has 0 aliphatic carbocycles. The fourth-order valence-electron chi connectivity index (χ4n) is 1.68. The largest absolute Gasteiger partial charge is 0.492 e. The number of halogens is 3. The molecule has 0 aliphatic rings. The standard InChI is InChI=1S/C14H14F3NO2/c15-14(16,17)12-5-1-2-6-13(12)20-9-7-18-10-11-4-3-8-19-11/h1-6,8,18H,7,9-10H2. The molecule has 1 aromatic heterocycles. The average molecular weight is 285 g/mol. The van der Waals surface area contributed by atoms with Gasteiger partial charge in [0.15, 0.2) is 0 Å². The third-order valence-electron chi connectivity index (χ3n) is 2.61. The summed E-state index contributed by atoms with van der Waals surface area (Å²) in [4.78, 5) is 0. The maximum absolute atomic E-state index is 12.7. The first-order valence-corrected chi connectivity index (χ1v) is 6.09. The van der Waals surface area contributed by atoms with E-state index < -0.39 is 11.7 Å². The third-order valence-corrected chi connectivity index (χ3v) is 2.61. The average Bonchev–Trinajstić information content (AvgIpc) is 2.91. The molecule has 0 spiro atoms. The summed E-state index contributed by atoms with van der Waals surface area (Å²) in [5, 5.41) is 3.02. The van der Waals surface area contributed by atoms with Crippen LogP contribution in [0.1, 0.15) is 11.3 Å². The molecule has 0 aliphatic heterocycles. The minimum Gasteiger partial charge on any atom is -0.492 e. The van der Waals surface area contributed by atoms with Crippen LogP contribution in [0.5, 0.6) is 5.75 Å². The molecule has 0 bridgehead atoms. The van der Waals surface area contributed by atoms with Crippen LogP contribution in [0.2, 0.25) is 0 Å². The fraction of sp³-hybridized carbons (Fsp3) is 0.286. The number of alkyl halides is 3. The van der Waals surface area contributed by atoms with Gasteiger partial charge in [-0.2, -0.15) is 13.2 Å². The lowest BCUT2D eigenvalue weighted by atomic mass is 10.2. The lowest BCUT2D eigenvalue weighted by Crippen LogP contribution is -2.21. The summed E-state index contributed by atoms with van der Waals surface area (Å²) in [6.07, 6.45) is -2.84. The second-order valence-electron chi connectivity index (χ2n) is 4.10. The van der Waals surface area contributed by atoms with Crippen LogP contribution >= 0.6 is 0 Å². The Bertz CT molecular complexity index is 523. The quantitative estimate of drug-likeness (QED) is 0.825. The molecule has 1 heterocycles. The predicted molar refractivity (Wildman–Crippen MR) is 67.4 cm³/mol. The van der Waals surface area contributed by atoms with Gasteiger partial charge in [0.05, 0.1) is 18.4 Å². The molecule has 1 aromatic carbocycles. The van der Waals surface area contributed by atoms with Gasteiger partial charge in [0, 0.05) is 6.54 Å². The van der Waals surface area contributed by atoms with Gasteiger partial charge in [0.25, 0.3) is 0 Å². The highest BCUT2D eigenvalue weighted by molar-refractivity contribution is 5.35. The Labute approximate surface area is 114 Å². The van der Waals surface area contributed by atoms with Crippen LogP contribution in [0.15, 0.2) is 47.1 Å². The molecular formula is C14H14F3NO2. The zero-order valence-electron chi connectivity index (χ0n) is 10.6. The zero-order chi connectivity index (χ0) is 14.4. The topological polar surface area (TPSA) is 34.4 Å². The predicted octanol–water partition coefficient (Wildman–Crippen LogP) is 3.47. The molecule has 108 valence electrons. The number of hydrogen-bond donors (Lipinski definition) is 1. The summed E-state index contributed by atoms with van der Waals surface area (Å²) >= 11 is 0. The second-order valence-corrected chi connectivity index (χ2v) is 4.10. The van der Waals surface area contributed by atoms with E-state index in [2.05, 4.69) is 5.32 Å². The highest BCUT2D eigenvalue weighted by atomic mass is 19.4. The van der Waals surface area contributed by atoms with E-state index in [4.69, 9.17) is 9.15 Å². The van der Waals surface area contributed by atoms with Crippen molar-refractivity contribution in [3.05, 3.63) is 54.0 Å². The van der Waals surface area contributed by atoms with Crippen LogP contribution < -0.4 is 10.1 Å². The molecule has 0 saturated heterocycles. The lowest BCUT2D eigenvalue weighted by molar-refractivity contribution is -0.138. The second kappa shape index (κ2) is 6.47. The van der Waals surface area contributed by atoms with E-state index in [0.717, 1.165) is 11.8 Å². The highest BCUT2D eigenvalue weighted by Gasteiger charge is 2.33. The molecule has 20 heavy (non-hydrogen) atoms. The molecular weight excluding hydrogens is 271 g/mol. The molecule has 3 nitrogen and oxygen atoms in total. The van der Waals surface area contributed by atoms with Gasteiger partial charge < -0.3 is 14.5 Å². The Morgan fingerprint density at radius 3 is 2.60 bits per heavy atom. The lowest BCUT2D eigenvalue weighted by Gasteiger charge is -2.13. The monoisotopic (exact) mass is 285 g/mol. The van der Waals surface area contributed by atoms with Crippen molar-refractivity contribution >= 4 is 0 Å². The molecule has 0 unspecified atom stereocenters. The van der Waals surface area contributed by atoms with E-state index >= 15 is 0 Å². The molecule has 0 amide bonds. The van der Waals surface area contributed by atoms with E-state index in [1.807, 2.05) is 6.07 Å². The summed E-state index contributed by atoms with van der Waals surface area (Å²) < 4.78 is 48.4. The van der Waals surface area contributed by atoms with Crippen molar-refractivity contribution in [2.75, 3.05) is 13.2 Å². The van der Waals surface area contributed by atoms with Gasteiger partial charge in [0.1, 0.15) is 18.1 Å². The van der Waals surface area contributed by atoms with Gasteiger partial charge >= 0.3 is 6.18 Å². The molecule has 6 heteroatoms. The van der Waals surface area contributed by atoms with E-state index in [9.17, 15) is 13.2 Å². The minimum absolute atomic E-state index is 0.147.